The highest BCUT2D eigenvalue weighted by molar-refractivity contribution is 5.66. The zero-order valence-corrected chi connectivity index (χ0v) is 14.6. The van der Waals surface area contributed by atoms with Crippen molar-refractivity contribution < 1.29 is 9.90 Å². The minimum absolute atomic E-state index is 0.314. The van der Waals surface area contributed by atoms with Crippen LogP contribution in [0.2, 0.25) is 0 Å². The predicted octanol–water partition coefficient (Wildman–Crippen LogP) is 6.66. The summed E-state index contributed by atoms with van der Waals surface area (Å²) in [6, 6.07) is 0. The largest absolute Gasteiger partial charge is 0.481 e. The van der Waals surface area contributed by atoms with Crippen molar-refractivity contribution in [2.75, 3.05) is 0 Å². The first-order valence-electron chi connectivity index (χ1n) is 9.29. The summed E-state index contributed by atoms with van der Waals surface area (Å²) in [4.78, 5) is 10.3. The maximum Gasteiger partial charge on any atom is 0.303 e. The van der Waals surface area contributed by atoms with E-state index in [4.69, 9.17) is 5.11 Å². The van der Waals surface area contributed by atoms with Crippen molar-refractivity contribution in [3.8, 4) is 0 Å². The van der Waals surface area contributed by atoms with Gasteiger partial charge in [0, 0.05) is 6.42 Å². The first-order chi connectivity index (χ1) is 10.8. The monoisotopic (exact) mass is 308 g/mol. The number of carboxylic acid groups (broad SMARTS) is 1. The Morgan fingerprint density at radius 1 is 0.682 bits per heavy atom. The van der Waals surface area contributed by atoms with Gasteiger partial charge in [0.2, 0.25) is 0 Å². The molecular formula is C20H36O2. The number of aliphatic carboxylic acids is 1. The first-order valence-corrected chi connectivity index (χ1v) is 9.29. The number of carboxylic acids is 1. The molecule has 2 nitrogen and oxygen atoms in total. The van der Waals surface area contributed by atoms with Crippen LogP contribution in [0.1, 0.15) is 96.8 Å². The van der Waals surface area contributed by atoms with Crippen molar-refractivity contribution in [3.63, 3.8) is 0 Å². The van der Waals surface area contributed by atoms with Crippen LogP contribution in [0, 0.1) is 0 Å². The molecule has 0 aliphatic heterocycles. The summed E-state index contributed by atoms with van der Waals surface area (Å²) < 4.78 is 0. The molecule has 0 aromatic heterocycles. The summed E-state index contributed by atoms with van der Waals surface area (Å²) in [7, 11) is 0. The van der Waals surface area contributed by atoms with E-state index in [1.807, 2.05) is 0 Å². The van der Waals surface area contributed by atoms with Crippen molar-refractivity contribution in [2.24, 2.45) is 0 Å². The molecule has 0 spiro atoms. The summed E-state index contributed by atoms with van der Waals surface area (Å²) in [6.45, 7) is 2.26. The van der Waals surface area contributed by atoms with E-state index in [-0.39, 0.29) is 0 Å². The van der Waals surface area contributed by atoms with Crippen molar-refractivity contribution in [1.29, 1.82) is 0 Å². The molecule has 0 aromatic rings. The first kappa shape index (κ1) is 20.9. The number of unbranched alkanes of at least 4 members (excludes halogenated alkanes) is 10. The van der Waals surface area contributed by atoms with E-state index in [1.54, 1.807) is 0 Å². The van der Waals surface area contributed by atoms with E-state index < -0.39 is 5.97 Å². The Bertz CT molecular complexity index is 292. The third kappa shape index (κ3) is 18.9. The minimum Gasteiger partial charge on any atom is -0.481 e. The highest BCUT2D eigenvalue weighted by atomic mass is 16.4. The maximum atomic E-state index is 10.3. The van der Waals surface area contributed by atoms with Crippen LogP contribution in [-0.2, 0) is 4.79 Å². The molecule has 0 unspecified atom stereocenters. The van der Waals surface area contributed by atoms with Crippen LogP contribution in [0.15, 0.2) is 24.3 Å². The van der Waals surface area contributed by atoms with Gasteiger partial charge in [-0.3, -0.25) is 4.79 Å². The van der Waals surface area contributed by atoms with E-state index >= 15 is 0 Å². The van der Waals surface area contributed by atoms with E-state index in [1.165, 1.54) is 51.4 Å². The fraction of sp³-hybridized carbons (Fsp3) is 0.750. The Morgan fingerprint density at radius 2 is 1.14 bits per heavy atom. The number of allylic oxidation sites excluding steroid dienone is 4. The highest BCUT2D eigenvalue weighted by Gasteiger charge is 1.94. The number of carbonyl (C=O) groups is 1. The average Bonchev–Trinajstić information content (AvgIpc) is 2.50. The lowest BCUT2D eigenvalue weighted by atomic mass is 10.1. The van der Waals surface area contributed by atoms with Gasteiger partial charge in [-0.25, -0.2) is 0 Å². The number of hydrogen-bond acceptors (Lipinski definition) is 1. The maximum absolute atomic E-state index is 10.3. The SMILES string of the molecule is CCCCCCC/C=C\CCC/C=C\CCCCCC(=O)O. The van der Waals surface area contributed by atoms with Crippen molar-refractivity contribution in [1.82, 2.24) is 0 Å². The second-order valence-electron chi connectivity index (χ2n) is 6.07. The molecule has 2 heteroatoms. The van der Waals surface area contributed by atoms with Crippen LogP contribution >= 0.6 is 0 Å². The van der Waals surface area contributed by atoms with Gasteiger partial charge in [0.25, 0.3) is 0 Å². The normalized spacial score (nSPS) is 11.7. The molecule has 0 bridgehead atoms. The van der Waals surface area contributed by atoms with Crippen LogP contribution in [-0.4, -0.2) is 11.1 Å². The predicted molar refractivity (Wildman–Crippen MR) is 96.2 cm³/mol. The van der Waals surface area contributed by atoms with Gasteiger partial charge in [-0.05, 0) is 51.4 Å². The molecule has 0 aliphatic carbocycles. The van der Waals surface area contributed by atoms with E-state index in [2.05, 4.69) is 31.2 Å². The molecule has 0 amide bonds. The molecule has 0 atom stereocenters. The standard InChI is InChI=1S/C20H36O2/c1-2-3-4-5-6-7-8-9-10-11-12-13-14-15-16-17-18-19-20(21)22/h8-9,13-14H,2-7,10-12,15-19H2,1H3,(H,21,22)/b9-8-,14-13-. The Labute approximate surface area is 137 Å². The molecule has 0 fully saturated rings. The van der Waals surface area contributed by atoms with Crippen LogP contribution in [0.4, 0.5) is 0 Å². The molecule has 0 radical (unpaired) electrons. The Balaban J connectivity index is 3.18. The molecule has 0 saturated carbocycles. The Hall–Kier alpha value is -1.05. The lowest BCUT2D eigenvalue weighted by Crippen LogP contribution is -1.93. The molecular weight excluding hydrogens is 272 g/mol. The summed E-state index contributed by atoms with van der Waals surface area (Å²) in [5, 5.41) is 8.52. The highest BCUT2D eigenvalue weighted by Crippen LogP contribution is 2.07. The van der Waals surface area contributed by atoms with Gasteiger partial charge in [-0.2, -0.15) is 0 Å². The van der Waals surface area contributed by atoms with Crippen LogP contribution in [0.25, 0.3) is 0 Å². The lowest BCUT2D eigenvalue weighted by Gasteiger charge is -1.96. The molecule has 0 aliphatic rings. The molecule has 128 valence electrons. The molecule has 0 aromatic carbocycles. The van der Waals surface area contributed by atoms with Gasteiger partial charge in [-0.15, -0.1) is 0 Å². The zero-order valence-electron chi connectivity index (χ0n) is 14.6. The van der Waals surface area contributed by atoms with Gasteiger partial charge in [0.1, 0.15) is 0 Å². The molecule has 1 N–H and O–H groups in total. The average molecular weight is 309 g/mol. The van der Waals surface area contributed by atoms with Crippen LogP contribution in [0.3, 0.4) is 0 Å². The lowest BCUT2D eigenvalue weighted by molar-refractivity contribution is -0.137. The van der Waals surface area contributed by atoms with Crippen molar-refractivity contribution in [2.45, 2.75) is 96.8 Å². The minimum atomic E-state index is -0.676. The third-order valence-electron chi connectivity index (χ3n) is 3.81. The fourth-order valence-corrected chi connectivity index (χ4v) is 2.41. The Morgan fingerprint density at radius 3 is 1.64 bits per heavy atom. The summed E-state index contributed by atoms with van der Waals surface area (Å²) >= 11 is 0. The summed E-state index contributed by atoms with van der Waals surface area (Å²) in [6.07, 6.45) is 25.2. The van der Waals surface area contributed by atoms with E-state index in [0.29, 0.717) is 6.42 Å². The van der Waals surface area contributed by atoms with Gasteiger partial charge >= 0.3 is 5.97 Å². The van der Waals surface area contributed by atoms with E-state index in [0.717, 1.165) is 32.1 Å². The number of rotatable bonds is 16. The van der Waals surface area contributed by atoms with Gasteiger partial charge in [-0.1, -0.05) is 63.3 Å². The van der Waals surface area contributed by atoms with Gasteiger partial charge < -0.3 is 5.11 Å². The van der Waals surface area contributed by atoms with E-state index in [9.17, 15) is 4.79 Å². The van der Waals surface area contributed by atoms with Gasteiger partial charge in [0.05, 0.1) is 0 Å². The molecule has 0 heterocycles. The third-order valence-corrected chi connectivity index (χ3v) is 3.81. The van der Waals surface area contributed by atoms with Crippen molar-refractivity contribution in [3.05, 3.63) is 24.3 Å². The quantitative estimate of drug-likeness (QED) is 0.255. The van der Waals surface area contributed by atoms with Crippen molar-refractivity contribution >= 4 is 5.97 Å². The van der Waals surface area contributed by atoms with Crippen LogP contribution in [0.5, 0.6) is 0 Å². The smallest absolute Gasteiger partial charge is 0.303 e. The second-order valence-corrected chi connectivity index (χ2v) is 6.07. The summed E-state index contributed by atoms with van der Waals surface area (Å²) in [5.74, 6) is -0.676. The fourth-order valence-electron chi connectivity index (χ4n) is 2.41. The Kier molecular flexibility index (Phi) is 17.1. The molecule has 0 rings (SSSR count). The molecule has 0 saturated heterocycles. The number of hydrogen-bond donors (Lipinski definition) is 1. The second kappa shape index (κ2) is 18.0. The van der Waals surface area contributed by atoms with Crippen LogP contribution < -0.4 is 0 Å². The van der Waals surface area contributed by atoms with Gasteiger partial charge in [0.15, 0.2) is 0 Å². The molecule has 22 heavy (non-hydrogen) atoms. The summed E-state index contributed by atoms with van der Waals surface area (Å²) in [5.41, 5.74) is 0. The zero-order chi connectivity index (χ0) is 16.3. The topological polar surface area (TPSA) is 37.3 Å².